The van der Waals surface area contributed by atoms with Gasteiger partial charge in [-0.15, -0.1) is 5.10 Å². The smallest absolute Gasteiger partial charge is 0.153 e. The highest BCUT2D eigenvalue weighted by Crippen LogP contribution is 2.32. The first-order chi connectivity index (χ1) is 8.54. The van der Waals surface area contributed by atoms with Gasteiger partial charge in [-0.05, 0) is 39.7 Å². The number of hydrazine groups is 1. The molecule has 96 valence electrons. The molecule has 18 heavy (non-hydrogen) atoms. The summed E-state index contributed by atoms with van der Waals surface area (Å²) in [6, 6.07) is 4.85. The average molecular weight is 351 g/mol. The van der Waals surface area contributed by atoms with Crippen molar-refractivity contribution in [1.82, 2.24) is 20.4 Å². The van der Waals surface area contributed by atoms with Crippen LogP contribution >= 0.6 is 39.1 Å². The summed E-state index contributed by atoms with van der Waals surface area (Å²) in [6.45, 7) is 0. The molecule has 0 bridgehead atoms. The van der Waals surface area contributed by atoms with Crippen LogP contribution in [-0.2, 0) is 7.05 Å². The Labute approximate surface area is 122 Å². The fraction of sp³-hybridized carbons (Fsp3) is 0.200. The number of nitrogens with two attached hydrogens (primary N) is 1. The summed E-state index contributed by atoms with van der Waals surface area (Å²) in [4.78, 5) is 0. The van der Waals surface area contributed by atoms with Crippen molar-refractivity contribution in [3.8, 4) is 0 Å². The first kappa shape index (κ1) is 13.8. The Morgan fingerprint density at radius 3 is 2.72 bits per heavy atom. The third kappa shape index (κ3) is 2.53. The Kier molecular flexibility index (Phi) is 4.24. The molecule has 0 saturated carbocycles. The summed E-state index contributed by atoms with van der Waals surface area (Å²) >= 11 is 15.5. The third-order valence-corrected chi connectivity index (χ3v) is 3.68. The molecule has 0 aliphatic carbocycles. The van der Waals surface area contributed by atoms with Crippen LogP contribution in [0.25, 0.3) is 0 Å². The summed E-state index contributed by atoms with van der Waals surface area (Å²) < 4.78 is 2.22. The molecule has 0 fully saturated rings. The van der Waals surface area contributed by atoms with Crippen molar-refractivity contribution in [3.05, 3.63) is 44.1 Å². The van der Waals surface area contributed by atoms with E-state index in [1.807, 2.05) is 0 Å². The molecular formula is C10H10BrCl2N5. The van der Waals surface area contributed by atoms with Gasteiger partial charge in [0, 0.05) is 17.1 Å². The van der Waals surface area contributed by atoms with E-state index in [0.29, 0.717) is 14.6 Å². The van der Waals surface area contributed by atoms with E-state index in [2.05, 4.69) is 31.7 Å². The van der Waals surface area contributed by atoms with Gasteiger partial charge in [-0.1, -0.05) is 28.4 Å². The average Bonchev–Trinajstić information content (AvgIpc) is 2.66. The summed E-state index contributed by atoms with van der Waals surface area (Å²) in [7, 11) is 1.77. The van der Waals surface area contributed by atoms with Crippen LogP contribution in [0, 0.1) is 0 Å². The number of rotatable bonds is 3. The molecule has 0 amide bonds. The Hall–Kier alpha value is -0.660. The van der Waals surface area contributed by atoms with Gasteiger partial charge < -0.3 is 0 Å². The molecule has 2 rings (SSSR count). The maximum absolute atomic E-state index is 6.17. The Morgan fingerprint density at radius 2 is 2.17 bits per heavy atom. The molecule has 8 heteroatoms. The van der Waals surface area contributed by atoms with Crippen LogP contribution in [-0.4, -0.2) is 15.0 Å². The lowest BCUT2D eigenvalue weighted by molar-refractivity contribution is 0.569. The number of halogens is 3. The van der Waals surface area contributed by atoms with Gasteiger partial charge in [0.05, 0.1) is 11.7 Å². The predicted octanol–water partition coefficient (Wildman–Crippen LogP) is 2.44. The molecule has 2 aromatic rings. The van der Waals surface area contributed by atoms with E-state index in [-0.39, 0.29) is 6.04 Å². The third-order valence-electron chi connectivity index (χ3n) is 2.54. The number of hydrogen-bond acceptors (Lipinski definition) is 4. The lowest BCUT2D eigenvalue weighted by Gasteiger charge is -2.18. The fourth-order valence-corrected chi connectivity index (χ4v) is 2.66. The maximum atomic E-state index is 6.17. The molecule has 3 N–H and O–H groups in total. The van der Waals surface area contributed by atoms with Crippen LogP contribution in [0.1, 0.15) is 17.3 Å². The van der Waals surface area contributed by atoms with Gasteiger partial charge in [0.15, 0.2) is 4.60 Å². The van der Waals surface area contributed by atoms with E-state index < -0.39 is 0 Å². The van der Waals surface area contributed by atoms with Crippen molar-refractivity contribution in [3.63, 3.8) is 0 Å². The zero-order chi connectivity index (χ0) is 13.3. The van der Waals surface area contributed by atoms with E-state index in [0.717, 1.165) is 11.3 Å². The zero-order valence-corrected chi connectivity index (χ0v) is 12.5. The number of aromatic nitrogens is 3. The quantitative estimate of drug-likeness (QED) is 0.659. The summed E-state index contributed by atoms with van der Waals surface area (Å²) in [6.07, 6.45) is 0. The lowest BCUT2D eigenvalue weighted by Crippen LogP contribution is -2.30. The second-order valence-electron chi connectivity index (χ2n) is 3.65. The van der Waals surface area contributed by atoms with Crippen molar-refractivity contribution in [2.75, 3.05) is 0 Å². The second-order valence-corrected chi connectivity index (χ2v) is 5.25. The topological polar surface area (TPSA) is 68.8 Å². The van der Waals surface area contributed by atoms with Gasteiger partial charge in [-0.3, -0.25) is 5.84 Å². The predicted molar refractivity (Wildman–Crippen MR) is 74.3 cm³/mol. The van der Waals surface area contributed by atoms with Crippen LogP contribution in [0.15, 0.2) is 22.8 Å². The van der Waals surface area contributed by atoms with Crippen molar-refractivity contribution < 1.29 is 0 Å². The molecular weight excluding hydrogens is 341 g/mol. The minimum atomic E-state index is -0.356. The van der Waals surface area contributed by atoms with E-state index in [1.54, 1.807) is 29.9 Å². The number of benzene rings is 1. The molecule has 1 unspecified atom stereocenters. The Bertz CT molecular complexity index is 552. The highest BCUT2D eigenvalue weighted by atomic mass is 79.9. The van der Waals surface area contributed by atoms with Crippen LogP contribution in [0.3, 0.4) is 0 Å². The van der Waals surface area contributed by atoms with Crippen LogP contribution < -0.4 is 11.3 Å². The molecule has 0 saturated heterocycles. The highest BCUT2D eigenvalue weighted by molar-refractivity contribution is 9.10. The van der Waals surface area contributed by atoms with E-state index in [4.69, 9.17) is 29.0 Å². The number of aryl methyl sites for hydroxylation is 1. The monoisotopic (exact) mass is 349 g/mol. The lowest BCUT2D eigenvalue weighted by atomic mass is 10.0. The normalized spacial score (nSPS) is 12.7. The maximum Gasteiger partial charge on any atom is 0.153 e. The van der Waals surface area contributed by atoms with Crippen molar-refractivity contribution in [1.29, 1.82) is 0 Å². The van der Waals surface area contributed by atoms with E-state index in [1.165, 1.54) is 0 Å². The second kappa shape index (κ2) is 5.54. The number of nitrogens with zero attached hydrogens (tertiary/aromatic N) is 3. The number of hydrogen-bond donors (Lipinski definition) is 2. The molecule has 1 atom stereocenters. The molecule has 1 aromatic heterocycles. The fourth-order valence-electron chi connectivity index (χ4n) is 1.70. The first-order valence-electron chi connectivity index (χ1n) is 5.00. The number of nitrogens with one attached hydrogen (secondary N) is 1. The zero-order valence-electron chi connectivity index (χ0n) is 9.36. The van der Waals surface area contributed by atoms with Gasteiger partial charge in [0.25, 0.3) is 0 Å². The van der Waals surface area contributed by atoms with Crippen molar-refractivity contribution in [2.45, 2.75) is 6.04 Å². The van der Waals surface area contributed by atoms with Gasteiger partial charge in [0.1, 0.15) is 0 Å². The molecule has 0 radical (unpaired) electrons. The van der Waals surface area contributed by atoms with Crippen LogP contribution in [0.4, 0.5) is 0 Å². The van der Waals surface area contributed by atoms with Crippen molar-refractivity contribution in [2.24, 2.45) is 12.9 Å². The van der Waals surface area contributed by atoms with Gasteiger partial charge >= 0.3 is 0 Å². The largest absolute Gasteiger partial charge is 0.271 e. The minimum Gasteiger partial charge on any atom is -0.271 e. The highest BCUT2D eigenvalue weighted by Gasteiger charge is 2.23. The SMILES string of the molecule is Cn1nnc(Br)c1C(NN)c1cc(Cl)ccc1Cl. The molecule has 0 spiro atoms. The summed E-state index contributed by atoms with van der Waals surface area (Å²) in [5.74, 6) is 5.61. The molecule has 5 nitrogen and oxygen atoms in total. The minimum absolute atomic E-state index is 0.356. The molecule has 0 aliphatic heterocycles. The summed E-state index contributed by atoms with van der Waals surface area (Å²) in [5, 5.41) is 8.98. The standard InChI is InChI=1S/C10H10BrCl2N5/c1-18-9(10(11)16-17-18)8(15-14)6-4-5(12)2-3-7(6)13/h2-4,8,15H,14H2,1H3. The van der Waals surface area contributed by atoms with Crippen molar-refractivity contribution >= 4 is 39.1 Å². The van der Waals surface area contributed by atoms with Gasteiger partial charge in [-0.2, -0.15) is 0 Å². The summed E-state index contributed by atoms with van der Waals surface area (Å²) in [5.41, 5.74) is 4.22. The van der Waals surface area contributed by atoms with E-state index >= 15 is 0 Å². The van der Waals surface area contributed by atoms with Crippen LogP contribution in [0.2, 0.25) is 10.0 Å². The Morgan fingerprint density at radius 1 is 1.44 bits per heavy atom. The van der Waals surface area contributed by atoms with Crippen LogP contribution in [0.5, 0.6) is 0 Å². The molecule has 1 heterocycles. The Balaban J connectivity index is 2.55. The molecule has 0 aliphatic rings. The van der Waals surface area contributed by atoms with Gasteiger partial charge in [0.2, 0.25) is 0 Å². The van der Waals surface area contributed by atoms with E-state index in [9.17, 15) is 0 Å². The first-order valence-corrected chi connectivity index (χ1v) is 6.55. The molecule has 1 aromatic carbocycles. The van der Waals surface area contributed by atoms with Gasteiger partial charge in [-0.25, -0.2) is 10.1 Å².